The number of carbonyl (C=O) groups is 1. The molecule has 4 rings (SSSR count). The molecule has 7 heteroatoms. The standard InChI is InChI=1S/C13H10N4OS2/c1-7-17(10(18)6-19-7)13-16-15-11-8-4-2-3-5-9(8)14-12(11)20-13/h2-5,7H,6H2,1H3. The fourth-order valence-electron chi connectivity index (χ4n) is 2.31. The Morgan fingerprint density at radius 2 is 2.15 bits per heavy atom. The molecule has 20 heavy (non-hydrogen) atoms. The molecule has 0 aromatic heterocycles. The average Bonchev–Trinajstić information content (AvgIpc) is 2.98. The van der Waals surface area contributed by atoms with Gasteiger partial charge in [0, 0.05) is 5.39 Å². The van der Waals surface area contributed by atoms with Crippen molar-refractivity contribution in [1.82, 2.24) is 15.2 Å². The summed E-state index contributed by atoms with van der Waals surface area (Å²) in [5, 5.41) is 11.1. The number of nitrogens with zero attached hydrogens (tertiary/aromatic N) is 4. The molecule has 1 atom stereocenters. The van der Waals surface area contributed by atoms with Crippen LogP contribution in [0.1, 0.15) is 6.92 Å². The van der Waals surface area contributed by atoms with E-state index < -0.39 is 0 Å². The molecule has 0 aliphatic carbocycles. The Labute approximate surface area is 123 Å². The minimum absolute atomic E-state index is 0.0866. The Morgan fingerprint density at radius 3 is 2.95 bits per heavy atom. The van der Waals surface area contributed by atoms with Gasteiger partial charge in [-0.1, -0.05) is 29.5 Å². The lowest BCUT2D eigenvalue weighted by atomic mass is 10.2. The second-order valence-electron chi connectivity index (χ2n) is 4.54. The van der Waals surface area contributed by atoms with Crippen molar-refractivity contribution in [2.75, 3.05) is 10.7 Å². The van der Waals surface area contributed by atoms with Gasteiger partial charge in [-0.3, -0.25) is 9.69 Å². The number of anilines is 1. The first-order valence-electron chi connectivity index (χ1n) is 6.19. The third-order valence-electron chi connectivity index (χ3n) is 3.29. The SMILES string of the molecule is CC1SCC(=O)N1c1nnc2c3ccccc3nc-2s1. The Hall–Kier alpha value is -1.73. The number of amides is 1. The predicted molar refractivity (Wildman–Crippen MR) is 81.2 cm³/mol. The first-order chi connectivity index (χ1) is 9.74. The normalized spacial score (nSPS) is 19.4. The summed E-state index contributed by atoms with van der Waals surface area (Å²) < 4.78 is 0. The number of aromatic nitrogens is 3. The van der Waals surface area contributed by atoms with Gasteiger partial charge >= 0.3 is 0 Å². The monoisotopic (exact) mass is 302 g/mol. The van der Waals surface area contributed by atoms with Gasteiger partial charge < -0.3 is 0 Å². The third kappa shape index (κ3) is 1.70. The maximum Gasteiger partial charge on any atom is 0.239 e. The van der Waals surface area contributed by atoms with Crippen molar-refractivity contribution in [2.24, 2.45) is 0 Å². The Bertz CT molecular complexity index is 787. The molecule has 1 unspecified atom stereocenters. The van der Waals surface area contributed by atoms with Crippen molar-refractivity contribution in [2.45, 2.75) is 12.3 Å². The van der Waals surface area contributed by atoms with E-state index >= 15 is 0 Å². The molecule has 0 radical (unpaired) electrons. The van der Waals surface area contributed by atoms with Crippen molar-refractivity contribution in [3.05, 3.63) is 24.3 Å². The van der Waals surface area contributed by atoms with Gasteiger partial charge in [-0.25, -0.2) is 4.98 Å². The number of fused-ring (bicyclic) bond motifs is 3. The molecular weight excluding hydrogens is 292 g/mol. The Morgan fingerprint density at radius 1 is 1.30 bits per heavy atom. The van der Waals surface area contributed by atoms with Crippen LogP contribution in [0.15, 0.2) is 24.3 Å². The number of benzene rings is 1. The topological polar surface area (TPSA) is 59.0 Å². The van der Waals surface area contributed by atoms with Crippen LogP contribution in [-0.4, -0.2) is 32.2 Å². The van der Waals surface area contributed by atoms with Crippen molar-refractivity contribution < 1.29 is 4.79 Å². The second kappa shape index (κ2) is 4.39. The maximum absolute atomic E-state index is 11.9. The molecule has 3 aliphatic rings. The molecule has 1 aromatic carbocycles. The summed E-state index contributed by atoms with van der Waals surface area (Å²) in [6.07, 6.45) is 0. The van der Waals surface area contributed by atoms with E-state index in [1.807, 2.05) is 31.2 Å². The number of hydrogen-bond donors (Lipinski definition) is 0. The van der Waals surface area contributed by atoms with Gasteiger partial charge in [0.25, 0.3) is 0 Å². The molecule has 1 aromatic rings. The molecule has 1 saturated heterocycles. The van der Waals surface area contributed by atoms with Gasteiger partial charge in [0.2, 0.25) is 11.0 Å². The van der Waals surface area contributed by atoms with E-state index in [0.29, 0.717) is 10.9 Å². The minimum Gasteiger partial charge on any atom is -0.274 e. The quantitative estimate of drug-likeness (QED) is 0.691. The van der Waals surface area contributed by atoms with Crippen molar-refractivity contribution >= 4 is 45.0 Å². The van der Waals surface area contributed by atoms with Gasteiger partial charge in [-0.05, 0) is 13.0 Å². The van der Waals surface area contributed by atoms with E-state index in [1.54, 1.807) is 16.7 Å². The largest absolute Gasteiger partial charge is 0.274 e. The molecule has 0 saturated carbocycles. The van der Waals surface area contributed by atoms with Gasteiger partial charge in [0.1, 0.15) is 10.7 Å². The highest BCUT2D eigenvalue weighted by Crippen LogP contribution is 2.37. The molecule has 0 spiro atoms. The van der Waals surface area contributed by atoms with Crippen LogP contribution in [0.5, 0.6) is 0 Å². The molecule has 1 amide bonds. The summed E-state index contributed by atoms with van der Waals surface area (Å²) >= 11 is 3.04. The first kappa shape index (κ1) is 12.0. The zero-order valence-electron chi connectivity index (χ0n) is 10.6. The molecule has 3 aliphatic heterocycles. The highest BCUT2D eigenvalue weighted by molar-refractivity contribution is 8.01. The van der Waals surface area contributed by atoms with Crippen LogP contribution < -0.4 is 4.90 Å². The summed E-state index contributed by atoms with van der Waals surface area (Å²) in [6.45, 7) is 2.00. The number of hydrogen-bond acceptors (Lipinski definition) is 6. The van der Waals surface area contributed by atoms with Gasteiger partial charge in [0.15, 0.2) is 0 Å². The van der Waals surface area contributed by atoms with Gasteiger partial charge in [-0.15, -0.1) is 22.0 Å². The summed E-state index contributed by atoms with van der Waals surface area (Å²) in [6, 6.07) is 7.87. The molecule has 5 nitrogen and oxygen atoms in total. The van der Waals surface area contributed by atoms with Crippen LogP contribution >= 0.6 is 23.1 Å². The molecule has 0 bridgehead atoms. The first-order valence-corrected chi connectivity index (χ1v) is 8.06. The van der Waals surface area contributed by atoms with E-state index in [2.05, 4.69) is 15.2 Å². The lowest BCUT2D eigenvalue weighted by Gasteiger charge is -2.18. The van der Waals surface area contributed by atoms with Crippen LogP contribution in [0.4, 0.5) is 5.13 Å². The van der Waals surface area contributed by atoms with E-state index in [0.717, 1.165) is 21.6 Å². The predicted octanol–water partition coefficient (Wildman–Crippen LogP) is 2.62. The number of rotatable bonds is 1. The number of carbonyl (C=O) groups excluding carboxylic acids is 1. The summed E-state index contributed by atoms with van der Waals surface area (Å²) in [5.74, 6) is 0.591. The highest BCUT2D eigenvalue weighted by Gasteiger charge is 2.32. The Kier molecular flexibility index (Phi) is 2.64. The zero-order chi connectivity index (χ0) is 13.7. The van der Waals surface area contributed by atoms with E-state index in [1.165, 1.54) is 11.3 Å². The minimum atomic E-state index is 0.0866. The van der Waals surface area contributed by atoms with Crippen molar-refractivity contribution in [3.63, 3.8) is 0 Å². The lowest BCUT2D eigenvalue weighted by molar-refractivity contribution is -0.115. The highest BCUT2D eigenvalue weighted by atomic mass is 32.2. The average molecular weight is 302 g/mol. The molecular formula is C13H10N4OS2. The second-order valence-corrected chi connectivity index (χ2v) is 6.80. The fourth-order valence-corrected chi connectivity index (χ4v) is 4.28. The fraction of sp³-hybridized carbons (Fsp3) is 0.231. The smallest absolute Gasteiger partial charge is 0.239 e. The van der Waals surface area contributed by atoms with Gasteiger partial charge in [-0.2, -0.15) is 0 Å². The van der Waals surface area contributed by atoms with E-state index in [4.69, 9.17) is 0 Å². The molecule has 3 heterocycles. The zero-order valence-corrected chi connectivity index (χ0v) is 12.2. The van der Waals surface area contributed by atoms with E-state index in [-0.39, 0.29) is 11.3 Å². The van der Waals surface area contributed by atoms with Crippen LogP contribution in [0.25, 0.3) is 21.6 Å². The summed E-state index contributed by atoms with van der Waals surface area (Å²) in [4.78, 5) is 18.2. The third-order valence-corrected chi connectivity index (χ3v) is 5.34. The van der Waals surface area contributed by atoms with Gasteiger partial charge in [0.05, 0.1) is 16.6 Å². The van der Waals surface area contributed by atoms with Crippen LogP contribution in [0.2, 0.25) is 0 Å². The van der Waals surface area contributed by atoms with E-state index in [9.17, 15) is 4.79 Å². The lowest BCUT2D eigenvalue weighted by Crippen LogP contribution is -2.31. The molecule has 100 valence electrons. The molecule has 1 fully saturated rings. The summed E-state index contributed by atoms with van der Waals surface area (Å²) in [7, 11) is 0. The molecule has 0 N–H and O–H groups in total. The van der Waals surface area contributed by atoms with Crippen molar-refractivity contribution in [3.8, 4) is 10.7 Å². The van der Waals surface area contributed by atoms with Crippen LogP contribution in [0.3, 0.4) is 0 Å². The van der Waals surface area contributed by atoms with Crippen LogP contribution in [-0.2, 0) is 4.79 Å². The Balaban J connectivity index is 1.89. The van der Waals surface area contributed by atoms with Crippen LogP contribution in [0, 0.1) is 0 Å². The number of para-hydroxylation sites is 1. The maximum atomic E-state index is 11.9. The number of thioether (sulfide) groups is 1. The summed E-state index contributed by atoms with van der Waals surface area (Å²) in [5.41, 5.74) is 1.72. The van der Waals surface area contributed by atoms with Crippen molar-refractivity contribution in [1.29, 1.82) is 0 Å².